The van der Waals surface area contributed by atoms with Gasteiger partial charge >= 0.3 is 0 Å². The summed E-state index contributed by atoms with van der Waals surface area (Å²) >= 11 is 0. The van der Waals surface area contributed by atoms with Crippen LogP contribution in [-0.2, 0) is 6.54 Å². The van der Waals surface area contributed by atoms with Crippen LogP contribution in [0.4, 0.5) is 4.39 Å². The lowest BCUT2D eigenvalue weighted by Gasteiger charge is -2.03. The summed E-state index contributed by atoms with van der Waals surface area (Å²) < 4.78 is 31.8. The fourth-order valence-corrected chi connectivity index (χ4v) is 3.43. The average molecular weight is 446 g/mol. The van der Waals surface area contributed by atoms with E-state index in [1.54, 1.807) is 23.9 Å². The summed E-state index contributed by atoms with van der Waals surface area (Å²) in [6.45, 7) is 4.03. The van der Waals surface area contributed by atoms with E-state index in [1.165, 1.54) is 12.1 Å². The summed E-state index contributed by atoms with van der Waals surface area (Å²) in [7, 11) is 1.60. The zero-order chi connectivity index (χ0) is 22.9. The van der Waals surface area contributed by atoms with Crippen LogP contribution < -0.4 is 4.74 Å². The first-order chi connectivity index (χ1) is 16.0. The van der Waals surface area contributed by atoms with Crippen molar-refractivity contribution in [1.29, 1.82) is 0 Å². The number of rotatable bonds is 6. The average Bonchev–Trinajstić information content (AvgIpc) is 3.54. The Balaban J connectivity index is 1.41. The maximum atomic E-state index is 13.5. The molecule has 0 bridgehead atoms. The quantitative estimate of drug-likeness (QED) is 0.376. The zero-order valence-electron chi connectivity index (χ0n) is 18.1. The van der Waals surface area contributed by atoms with Crippen LogP contribution in [-0.4, -0.2) is 37.2 Å². The Labute approximate surface area is 187 Å². The minimum absolute atomic E-state index is 0.199. The van der Waals surface area contributed by atoms with Gasteiger partial charge in [-0.3, -0.25) is 0 Å². The maximum Gasteiger partial charge on any atom is 0.280 e. The second-order valence-electron chi connectivity index (χ2n) is 7.34. The van der Waals surface area contributed by atoms with Gasteiger partial charge in [-0.2, -0.15) is 4.98 Å². The number of methoxy groups -OCH3 is 1. The third kappa shape index (κ3) is 3.86. The molecular weight excluding hydrogens is 427 g/mol. The number of hydrogen-bond donors (Lipinski definition) is 0. The molecule has 166 valence electrons. The van der Waals surface area contributed by atoms with E-state index < -0.39 is 0 Å². The molecule has 0 spiro atoms. The number of halogens is 1. The number of benzene rings is 2. The summed E-state index contributed by atoms with van der Waals surface area (Å²) in [6, 6.07) is 13.5. The SMILES string of the molecule is COc1ccccc1-c1nc(Cn2nnc(-c3nc(-c4cccc(F)c4)no3)c2C)c(C)o1. The Bertz CT molecular complexity index is 1440. The van der Waals surface area contributed by atoms with Crippen LogP contribution in [0.1, 0.15) is 17.1 Å². The molecule has 0 aliphatic heterocycles. The van der Waals surface area contributed by atoms with Crippen LogP contribution in [0.25, 0.3) is 34.4 Å². The molecule has 0 radical (unpaired) electrons. The largest absolute Gasteiger partial charge is 0.496 e. The van der Waals surface area contributed by atoms with Crippen molar-refractivity contribution < 1.29 is 18.1 Å². The Morgan fingerprint density at radius 1 is 1.03 bits per heavy atom. The lowest BCUT2D eigenvalue weighted by molar-refractivity contribution is 0.414. The molecular formula is C23H19FN6O3. The first-order valence-corrected chi connectivity index (χ1v) is 10.1. The van der Waals surface area contributed by atoms with Gasteiger partial charge in [0.2, 0.25) is 11.7 Å². The number of oxazole rings is 1. The molecule has 9 nitrogen and oxygen atoms in total. The number of aryl methyl sites for hydroxylation is 1. The summed E-state index contributed by atoms with van der Waals surface area (Å²) in [5, 5.41) is 12.3. The van der Waals surface area contributed by atoms with E-state index in [9.17, 15) is 4.39 Å². The molecule has 0 fully saturated rings. The van der Waals surface area contributed by atoms with Crippen LogP contribution in [0.2, 0.25) is 0 Å². The van der Waals surface area contributed by atoms with Crippen molar-refractivity contribution in [3.63, 3.8) is 0 Å². The third-order valence-electron chi connectivity index (χ3n) is 5.22. The van der Waals surface area contributed by atoms with Crippen molar-refractivity contribution in [2.75, 3.05) is 7.11 Å². The number of para-hydroxylation sites is 1. The van der Waals surface area contributed by atoms with Crippen molar-refractivity contribution in [3.8, 4) is 40.2 Å². The fraction of sp³-hybridized carbons (Fsp3) is 0.174. The second-order valence-corrected chi connectivity index (χ2v) is 7.34. The van der Waals surface area contributed by atoms with Gasteiger partial charge < -0.3 is 13.7 Å². The molecule has 0 aliphatic carbocycles. The molecule has 5 aromatic rings. The van der Waals surface area contributed by atoms with Crippen molar-refractivity contribution in [2.45, 2.75) is 20.4 Å². The smallest absolute Gasteiger partial charge is 0.280 e. The highest BCUT2D eigenvalue weighted by molar-refractivity contribution is 5.63. The molecule has 5 rings (SSSR count). The van der Waals surface area contributed by atoms with Crippen LogP contribution in [0.3, 0.4) is 0 Å². The number of nitrogens with zero attached hydrogens (tertiary/aromatic N) is 6. The Morgan fingerprint density at radius 2 is 1.88 bits per heavy atom. The number of aromatic nitrogens is 6. The van der Waals surface area contributed by atoms with Crippen molar-refractivity contribution in [3.05, 3.63) is 71.5 Å². The topological polar surface area (TPSA) is 105 Å². The van der Waals surface area contributed by atoms with Gasteiger partial charge in [0.25, 0.3) is 5.89 Å². The fourth-order valence-electron chi connectivity index (χ4n) is 3.43. The van der Waals surface area contributed by atoms with Gasteiger partial charge in [0.1, 0.15) is 23.0 Å². The third-order valence-corrected chi connectivity index (χ3v) is 5.22. The van der Waals surface area contributed by atoms with Gasteiger partial charge in [0, 0.05) is 5.56 Å². The monoisotopic (exact) mass is 446 g/mol. The van der Waals surface area contributed by atoms with Crippen LogP contribution in [0, 0.1) is 19.7 Å². The van der Waals surface area contributed by atoms with Crippen molar-refractivity contribution in [2.24, 2.45) is 0 Å². The molecule has 0 amide bonds. The van der Waals surface area contributed by atoms with Gasteiger partial charge in [-0.15, -0.1) is 5.10 Å². The van der Waals surface area contributed by atoms with Crippen molar-refractivity contribution >= 4 is 0 Å². The van der Waals surface area contributed by atoms with E-state index >= 15 is 0 Å². The van der Waals surface area contributed by atoms with Crippen molar-refractivity contribution in [1.82, 2.24) is 30.1 Å². The Hall–Kier alpha value is -4.34. The summed E-state index contributed by atoms with van der Waals surface area (Å²) in [6.07, 6.45) is 0. The molecule has 0 aliphatic rings. The number of ether oxygens (including phenoxy) is 1. The standard InChI is InChI=1S/C23H19FN6O3/c1-13-20(23-26-21(28-33-23)15-7-6-8-16(24)11-15)27-29-30(13)12-18-14(2)32-22(25-18)17-9-4-5-10-19(17)31-3/h4-11H,12H2,1-3H3. The highest BCUT2D eigenvalue weighted by atomic mass is 19.1. The highest BCUT2D eigenvalue weighted by Crippen LogP contribution is 2.31. The molecule has 3 aromatic heterocycles. The van der Waals surface area contributed by atoms with E-state index in [4.69, 9.17) is 13.7 Å². The number of hydrogen-bond acceptors (Lipinski definition) is 8. The lowest BCUT2D eigenvalue weighted by Crippen LogP contribution is -2.05. The second kappa shape index (κ2) is 8.30. The predicted molar refractivity (Wildman–Crippen MR) is 116 cm³/mol. The molecule has 10 heteroatoms. The molecule has 2 aromatic carbocycles. The first-order valence-electron chi connectivity index (χ1n) is 10.1. The minimum Gasteiger partial charge on any atom is -0.496 e. The van der Waals surface area contributed by atoms with Gasteiger partial charge in [0.15, 0.2) is 5.69 Å². The Kier molecular flexibility index (Phi) is 5.17. The van der Waals surface area contributed by atoms with Gasteiger partial charge in [-0.1, -0.05) is 34.6 Å². The van der Waals surface area contributed by atoms with E-state index in [0.717, 1.165) is 5.56 Å². The van der Waals surface area contributed by atoms with Gasteiger partial charge in [-0.25, -0.2) is 14.1 Å². The summed E-state index contributed by atoms with van der Waals surface area (Å²) in [4.78, 5) is 8.98. The molecule has 0 saturated heterocycles. The van der Waals surface area contributed by atoms with Crippen LogP contribution in [0.15, 0.2) is 57.5 Å². The lowest BCUT2D eigenvalue weighted by atomic mass is 10.2. The Morgan fingerprint density at radius 3 is 2.70 bits per heavy atom. The van der Waals surface area contributed by atoms with E-state index in [0.29, 0.717) is 46.6 Å². The van der Waals surface area contributed by atoms with Gasteiger partial charge in [0.05, 0.1) is 24.9 Å². The maximum absolute atomic E-state index is 13.5. The molecule has 33 heavy (non-hydrogen) atoms. The zero-order valence-corrected chi connectivity index (χ0v) is 18.1. The molecule has 3 heterocycles. The summed E-state index contributed by atoms with van der Waals surface area (Å²) in [5.74, 6) is 1.90. The normalized spacial score (nSPS) is 11.2. The minimum atomic E-state index is -0.378. The predicted octanol–water partition coefficient (Wildman–Crippen LogP) is 4.46. The molecule has 0 N–H and O–H groups in total. The highest BCUT2D eigenvalue weighted by Gasteiger charge is 2.21. The van der Waals surface area contributed by atoms with E-state index in [1.807, 2.05) is 38.1 Å². The first kappa shape index (κ1) is 20.6. The molecule has 0 saturated carbocycles. The molecule has 0 unspecified atom stereocenters. The van der Waals surface area contributed by atoms with E-state index in [2.05, 4.69) is 25.4 Å². The molecule has 0 atom stereocenters. The van der Waals surface area contributed by atoms with Crippen LogP contribution >= 0.6 is 0 Å². The van der Waals surface area contributed by atoms with E-state index in [-0.39, 0.29) is 17.5 Å². The summed E-state index contributed by atoms with van der Waals surface area (Å²) in [5.41, 5.74) is 3.14. The van der Waals surface area contributed by atoms with Crippen LogP contribution in [0.5, 0.6) is 5.75 Å². The van der Waals surface area contributed by atoms with Gasteiger partial charge in [-0.05, 0) is 38.1 Å².